The van der Waals surface area contributed by atoms with Crippen molar-refractivity contribution in [1.29, 1.82) is 0 Å². The second-order valence-electron chi connectivity index (χ2n) is 8.59. The maximum absolute atomic E-state index is 13.2. The molecule has 6 nitrogen and oxygen atoms in total. The first-order valence-electron chi connectivity index (χ1n) is 11.6. The van der Waals surface area contributed by atoms with Crippen LogP contribution in [0, 0.1) is 13.8 Å². The molecule has 34 heavy (non-hydrogen) atoms. The number of nitrogens with zero attached hydrogens (tertiary/aromatic N) is 4. The summed E-state index contributed by atoms with van der Waals surface area (Å²) in [5, 5.41) is 9.62. The zero-order valence-electron chi connectivity index (χ0n) is 19.5. The van der Waals surface area contributed by atoms with Gasteiger partial charge in [0.15, 0.2) is 16.8 Å². The molecule has 1 fully saturated rings. The van der Waals surface area contributed by atoms with Crippen molar-refractivity contribution in [3.05, 3.63) is 83.7 Å². The summed E-state index contributed by atoms with van der Waals surface area (Å²) in [5.74, 6) is 1.15. The number of aromatic nitrogens is 4. The SMILES string of the molecule is Cc1cc(C(=O)CSc2nnc(-c3ccccc3)n2-c2ccccc2)c(C)n1CC1CCCO1. The van der Waals surface area contributed by atoms with Crippen LogP contribution in [0.2, 0.25) is 0 Å². The largest absolute Gasteiger partial charge is 0.376 e. The molecule has 0 saturated carbocycles. The smallest absolute Gasteiger partial charge is 0.196 e. The van der Waals surface area contributed by atoms with Gasteiger partial charge in [-0.25, -0.2) is 0 Å². The molecule has 0 spiro atoms. The fraction of sp³-hybridized carbons (Fsp3) is 0.296. The monoisotopic (exact) mass is 472 g/mol. The summed E-state index contributed by atoms with van der Waals surface area (Å²) in [4.78, 5) is 13.2. The number of hydrogen-bond acceptors (Lipinski definition) is 5. The summed E-state index contributed by atoms with van der Waals surface area (Å²) in [6, 6.07) is 22.0. The number of para-hydroxylation sites is 1. The molecule has 1 saturated heterocycles. The number of carbonyl (C=O) groups is 1. The van der Waals surface area contributed by atoms with E-state index in [1.165, 1.54) is 11.8 Å². The molecule has 1 atom stereocenters. The van der Waals surface area contributed by atoms with Gasteiger partial charge in [-0.3, -0.25) is 9.36 Å². The van der Waals surface area contributed by atoms with Gasteiger partial charge in [-0.15, -0.1) is 10.2 Å². The van der Waals surface area contributed by atoms with Crippen molar-refractivity contribution < 1.29 is 9.53 Å². The first-order valence-corrected chi connectivity index (χ1v) is 12.6. The Balaban J connectivity index is 1.38. The van der Waals surface area contributed by atoms with Crippen LogP contribution in [-0.4, -0.2) is 43.6 Å². The molecule has 174 valence electrons. The van der Waals surface area contributed by atoms with Gasteiger partial charge in [-0.05, 0) is 44.9 Å². The quantitative estimate of drug-likeness (QED) is 0.250. The highest BCUT2D eigenvalue weighted by molar-refractivity contribution is 7.99. The van der Waals surface area contributed by atoms with Crippen molar-refractivity contribution in [2.75, 3.05) is 12.4 Å². The van der Waals surface area contributed by atoms with Crippen molar-refractivity contribution in [2.24, 2.45) is 0 Å². The fourth-order valence-corrected chi connectivity index (χ4v) is 5.35. The number of carbonyl (C=O) groups excluding carboxylic acids is 1. The Labute approximate surface area is 204 Å². The predicted molar refractivity (Wildman–Crippen MR) is 135 cm³/mol. The Morgan fingerprint density at radius 3 is 2.50 bits per heavy atom. The van der Waals surface area contributed by atoms with Gasteiger partial charge in [0, 0.05) is 41.4 Å². The summed E-state index contributed by atoms with van der Waals surface area (Å²) in [7, 11) is 0. The van der Waals surface area contributed by atoms with Crippen LogP contribution < -0.4 is 0 Å². The Bertz CT molecular complexity index is 1270. The van der Waals surface area contributed by atoms with E-state index < -0.39 is 0 Å². The number of thioether (sulfide) groups is 1. The maximum Gasteiger partial charge on any atom is 0.196 e. The van der Waals surface area contributed by atoms with Gasteiger partial charge < -0.3 is 9.30 Å². The second-order valence-corrected chi connectivity index (χ2v) is 9.53. The van der Waals surface area contributed by atoms with Gasteiger partial charge in [-0.2, -0.15) is 0 Å². The van der Waals surface area contributed by atoms with E-state index in [9.17, 15) is 4.79 Å². The van der Waals surface area contributed by atoms with Crippen molar-refractivity contribution in [2.45, 2.75) is 44.5 Å². The minimum absolute atomic E-state index is 0.0977. The lowest BCUT2D eigenvalue weighted by Crippen LogP contribution is -2.17. The molecule has 2 aromatic heterocycles. The lowest BCUT2D eigenvalue weighted by atomic mass is 10.2. The zero-order valence-corrected chi connectivity index (χ0v) is 20.3. The summed E-state index contributed by atoms with van der Waals surface area (Å²) in [6.07, 6.45) is 2.43. The standard InChI is InChI=1S/C27H28N4O2S/c1-19-16-24(20(2)30(19)17-23-14-9-15-33-23)25(32)18-34-27-29-28-26(21-10-5-3-6-11-21)31(27)22-12-7-4-8-13-22/h3-8,10-13,16,23H,9,14-15,17-18H2,1-2H3. The van der Waals surface area contributed by atoms with E-state index >= 15 is 0 Å². The Morgan fingerprint density at radius 1 is 1.06 bits per heavy atom. The predicted octanol–water partition coefficient (Wildman–Crippen LogP) is 5.51. The molecule has 2 aromatic carbocycles. The summed E-state index contributed by atoms with van der Waals surface area (Å²) in [5.41, 5.74) is 4.83. The minimum Gasteiger partial charge on any atom is -0.376 e. The van der Waals surface area contributed by atoms with Crippen molar-refractivity contribution in [3.63, 3.8) is 0 Å². The van der Waals surface area contributed by atoms with E-state index in [-0.39, 0.29) is 11.9 Å². The van der Waals surface area contributed by atoms with Gasteiger partial charge in [-0.1, -0.05) is 60.3 Å². The van der Waals surface area contributed by atoms with Gasteiger partial charge >= 0.3 is 0 Å². The van der Waals surface area contributed by atoms with Crippen LogP contribution in [0.3, 0.4) is 0 Å². The van der Waals surface area contributed by atoms with E-state index in [0.29, 0.717) is 10.9 Å². The molecule has 0 aliphatic carbocycles. The van der Waals surface area contributed by atoms with E-state index in [4.69, 9.17) is 4.74 Å². The molecular formula is C27H28N4O2S. The topological polar surface area (TPSA) is 61.9 Å². The molecule has 0 bridgehead atoms. The van der Waals surface area contributed by atoms with Gasteiger partial charge in [0.05, 0.1) is 11.9 Å². The number of benzene rings is 2. The molecule has 7 heteroatoms. The first-order chi connectivity index (χ1) is 16.6. The molecule has 5 rings (SSSR count). The van der Waals surface area contributed by atoms with E-state index in [1.807, 2.05) is 78.2 Å². The third kappa shape index (κ3) is 4.58. The lowest BCUT2D eigenvalue weighted by Gasteiger charge is -2.14. The van der Waals surface area contributed by atoms with E-state index in [2.05, 4.69) is 21.7 Å². The average molecular weight is 473 g/mol. The third-order valence-electron chi connectivity index (χ3n) is 6.30. The Morgan fingerprint density at radius 2 is 1.79 bits per heavy atom. The minimum atomic E-state index is 0.0977. The Kier molecular flexibility index (Phi) is 6.65. The van der Waals surface area contributed by atoms with Crippen LogP contribution in [0.25, 0.3) is 17.1 Å². The molecule has 0 radical (unpaired) electrons. The van der Waals surface area contributed by atoms with Crippen LogP contribution in [0.1, 0.15) is 34.6 Å². The van der Waals surface area contributed by atoms with Crippen molar-refractivity contribution >= 4 is 17.5 Å². The first kappa shape index (κ1) is 22.6. The van der Waals surface area contributed by atoms with Gasteiger partial charge in [0.25, 0.3) is 0 Å². The second kappa shape index (κ2) is 9.99. The highest BCUT2D eigenvalue weighted by Gasteiger charge is 2.22. The summed E-state index contributed by atoms with van der Waals surface area (Å²) < 4.78 is 10.0. The molecule has 0 N–H and O–H groups in total. The normalized spacial score (nSPS) is 15.6. The van der Waals surface area contributed by atoms with Gasteiger partial charge in [0.1, 0.15) is 0 Å². The lowest BCUT2D eigenvalue weighted by molar-refractivity contribution is 0.0957. The van der Waals surface area contributed by atoms with Gasteiger partial charge in [0.2, 0.25) is 0 Å². The summed E-state index contributed by atoms with van der Waals surface area (Å²) >= 11 is 1.42. The van der Waals surface area contributed by atoms with Crippen molar-refractivity contribution in [3.8, 4) is 17.1 Å². The molecule has 1 aliphatic heterocycles. The number of rotatable bonds is 8. The molecule has 4 aromatic rings. The third-order valence-corrected chi connectivity index (χ3v) is 7.23. The Hall–Kier alpha value is -3.16. The zero-order chi connectivity index (χ0) is 23.5. The van der Waals surface area contributed by atoms with Crippen LogP contribution >= 0.6 is 11.8 Å². The molecule has 1 unspecified atom stereocenters. The molecule has 1 aliphatic rings. The molecule has 0 amide bonds. The average Bonchev–Trinajstić information content (AvgIpc) is 3.60. The van der Waals surface area contributed by atoms with E-state index in [0.717, 1.165) is 60.0 Å². The number of ether oxygens (including phenoxy) is 1. The van der Waals surface area contributed by atoms with Crippen LogP contribution in [-0.2, 0) is 11.3 Å². The highest BCUT2D eigenvalue weighted by atomic mass is 32.2. The molecule has 3 heterocycles. The number of aryl methyl sites for hydroxylation is 1. The van der Waals surface area contributed by atoms with Crippen LogP contribution in [0.15, 0.2) is 71.9 Å². The number of hydrogen-bond donors (Lipinski definition) is 0. The highest BCUT2D eigenvalue weighted by Crippen LogP contribution is 2.29. The van der Waals surface area contributed by atoms with Crippen LogP contribution in [0.5, 0.6) is 0 Å². The fourth-order valence-electron chi connectivity index (χ4n) is 4.51. The maximum atomic E-state index is 13.2. The van der Waals surface area contributed by atoms with E-state index in [1.54, 1.807) is 0 Å². The van der Waals surface area contributed by atoms with Crippen molar-refractivity contribution in [1.82, 2.24) is 19.3 Å². The number of Topliss-reactive ketones (excluding diaryl/α,β-unsaturated/α-hetero) is 1. The number of ketones is 1. The van der Waals surface area contributed by atoms with Crippen LogP contribution in [0.4, 0.5) is 0 Å². The molecular weight excluding hydrogens is 444 g/mol. The summed E-state index contributed by atoms with van der Waals surface area (Å²) in [6.45, 7) is 5.73.